The van der Waals surface area contributed by atoms with E-state index in [4.69, 9.17) is 23.2 Å². The van der Waals surface area contributed by atoms with E-state index in [1.54, 1.807) is 6.07 Å². The number of sulfonamides is 1. The lowest BCUT2D eigenvalue weighted by molar-refractivity contribution is 0.0954. The SMILES string of the molecule is CN1CCC(=NNC(=O)c2cccc(S(=O)(=O)Nc3cc(Cl)ccc3Cl)c2)CC1. The minimum absolute atomic E-state index is 0.0758. The third-order valence-corrected chi connectivity index (χ3v) is 6.39. The van der Waals surface area contributed by atoms with Crippen LogP contribution >= 0.6 is 23.2 Å². The van der Waals surface area contributed by atoms with Gasteiger partial charge >= 0.3 is 0 Å². The molecule has 1 aliphatic rings. The molecule has 154 valence electrons. The molecule has 29 heavy (non-hydrogen) atoms. The van der Waals surface area contributed by atoms with Crippen LogP contribution < -0.4 is 10.1 Å². The summed E-state index contributed by atoms with van der Waals surface area (Å²) in [5.41, 5.74) is 3.76. The van der Waals surface area contributed by atoms with E-state index in [2.05, 4.69) is 20.1 Å². The van der Waals surface area contributed by atoms with Gasteiger partial charge in [-0.05, 0) is 43.4 Å². The van der Waals surface area contributed by atoms with E-state index in [1.165, 1.54) is 36.4 Å². The van der Waals surface area contributed by atoms with Crippen molar-refractivity contribution in [2.75, 3.05) is 24.9 Å². The van der Waals surface area contributed by atoms with Crippen molar-refractivity contribution < 1.29 is 13.2 Å². The van der Waals surface area contributed by atoms with Crippen molar-refractivity contribution >= 4 is 50.5 Å². The first-order chi connectivity index (χ1) is 13.7. The van der Waals surface area contributed by atoms with Gasteiger partial charge in [-0.25, -0.2) is 13.8 Å². The summed E-state index contributed by atoms with van der Waals surface area (Å²) >= 11 is 11.9. The molecular formula is C19H20Cl2N4O3S. The summed E-state index contributed by atoms with van der Waals surface area (Å²) in [6.45, 7) is 1.78. The highest BCUT2D eigenvalue weighted by atomic mass is 35.5. The number of nitrogens with one attached hydrogen (secondary N) is 2. The van der Waals surface area contributed by atoms with Crippen LogP contribution in [-0.4, -0.2) is 45.1 Å². The van der Waals surface area contributed by atoms with E-state index in [0.717, 1.165) is 31.6 Å². The summed E-state index contributed by atoms with van der Waals surface area (Å²) in [4.78, 5) is 14.5. The average molecular weight is 455 g/mol. The van der Waals surface area contributed by atoms with Gasteiger partial charge < -0.3 is 4.90 Å². The van der Waals surface area contributed by atoms with Gasteiger partial charge in [-0.15, -0.1) is 0 Å². The topological polar surface area (TPSA) is 90.9 Å². The van der Waals surface area contributed by atoms with Crippen LogP contribution in [-0.2, 0) is 10.0 Å². The molecule has 3 rings (SSSR count). The fourth-order valence-electron chi connectivity index (χ4n) is 2.77. The van der Waals surface area contributed by atoms with E-state index >= 15 is 0 Å². The van der Waals surface area contributed by atoms with Crippen LogP contribution in [0.5, 0.6) is 0 Å². The van der Waals surface area contributed by atoms with Crippen LogP contribution in [0, 0.1) is 0 Å². The van der Waals surface area contributed by atoms with E-state index in [0.29, 0.717) is 5.02 Å². The fourth-order valence-corrected chi connectivity index (χ4v) is 4.28. The quantitative estimate of drug-likeness (QED) is 0.674. The maximum absolute atomic E-state index is 12.7. The molecule has 0 atom stereocenters. The first-order valence-electron chi connectivity index (χ1n) is 8.87. The second-order valence-electron chi connectivity index (χ2n) is 6.68. The molecule has 1 aliphatic heterocycles. The van der Waals surface area contributed by atoms with Crippen molar-refractivity contribution in [2.24, 2.45) is 5.10 Å². The maximum atomic E-state index is 12.7. The van der Waals surface area contributed by atoms with Crippen LogP contribution in [0.15, 0.2) is 52.5 Å². The van der Waals surface area contributed by atoms with Crippen molar-refractivity contribution in [3.05, 3.63) is 58.1 Å². The molecule has 0 spiro atoms. The van der Waals surface area contributed by atoms with Crippen molar-refractivity contribution in [3.8, 4) is 0 Å². The smallest absolute Gasteiger partial charge is 0.271 e. The second kappa shape index (κ2) is 9.13. The van der Waals surface area contributed by atoms with Gasteiger partial charge in [0, 0.05) is 42.2 Å². The third-order valence-electron chi connectivity index (χ3n) is 4.46. The summed E-state index contributed by atoms with van der Waals surface area (Å²) in [7, 11) is -1.93. The lowest BCUT2D eigenvalue weighted by Gasteiger charge is -2.22. The zero-order chi connectivity index (χ0) is 21.0. The molecule has 2 aromatic rings. The zero-order valence-corrected chi connectivity index (χ0v) is 18.0. The number of hydrogen-bond donors (Lipinski definition) is 2. The maximum Gasteiger partial charge on any atom is 0.271 e. The molecule has 0 saturated carbocycles. The Morgan fingerprint density at radius 1 is 1.10 bits per heavy atom. The second-order valence-corrected chi connectivity index (χ2v) is 9.21. The Hall–Kier alpha value is -2.13. The molecular weight excluding hydrogens is 435 g/mol. The molecule has 0 unspecified atom stereocenters. The van der Waals surface area contributed by atoms with Crippen molar-refractivity contribution in [2.45, 2.75) is 17.7 Å². The summed E-state index contributed by atoms with van der Waals surface area (Å²) in [5, 5.41) is 4.72. The molecule has 1 amide bonds. The van der Waals surface area contributed by atoms with Crippen molar-refractivity contribution in [1.82, 2.24) is 10.3 Å². The monoisotopic (exact) mass is 454 g/mol. The van der Waals surface area contributed by atoms with Crippen molar-refractivity contribution in [1.29, 1.82) is 0 Å². The standard InChI is InChI=1S/C19H20Cl2N4O3S/c1-25-9-7-15(8-10-25)22-23-19(26)13-3-2-4-16(11-13)29(27,28)24-18-12-14(20)5-6-17(18)21/h2-6,11-12,24H,7-10H2,1H3,(H,23,26). The number of halogens is 2. The molecule has 7 nitrogen and oxygen atoms in total. The number of hydrogen-bond acceptors (Lipinski definition) is 5. The average Bonchev–Trinajstić information content (AvgIpc) is 2.70. The number of nitrogens with zero attached hydrogens (tertiary/aromatic N) is 2. The minimum Gasteiger partial charge on any atom is -0.306 e. The number of carbonyl (C=O) groups is 1. The highest BCUT2D eigenvalue weighted by Gasteiger charge is 2.18. The number of amides is 1. The van der Waals surface area contributed by atoms with Gasteiger partial charge in [0.15, 0.2) is 0 Å². The lowest BCUT2D eigenvalue weighted by Crippen LogP contribution is -2.32. The van der Waals surface area contributed by atoms with E-state index in [-0.39, 0.29) is 21.2 Å². The number of anilines is 1. The summed E-state index contributed by atoms with van der Waals surface area (Å²) in [6.07, 6.45) is 1.57. The Labute approximate surface area is 179 Å². The number of likely N-dealkylation sites (tertiary alicyclic amines) is 1. The molecule has 2 N–H and O–H groups in total. The molecule has 1 heterocycles. The van der Waals surface area contributed by atoms with Gasteiger partial charge in [-0.1, -0.05) is 29.3 Å². The zero-order valence-electron chi connectivity index (χ0n) is 15.7. The van der Waals surface area contributed by atoms with E-state index in [1.807, 2.05) is 7.05 Å². The first kappa shape index (κ1) is 21.6. The molecule has 1 saturated heterocycles. The van der Waals surface area contributed by atoms with Gasteiger partial charge in [-0.2, -0.15) is 5.10 Å². The predicted octanol–water partition coefficient (Wildman–Crippen LogP) is 3.61. The lowest BCUT2D eigenvalue weighted by atomic mass is 10.1. The summed E-state index contributed by atoms with van der Waals surface area (Å²) in [5.74, 6) is -0.478. The normalized spacial score (nSPS) is 15.1. The third kappa shape index (κ3) is 5.70. The number of benzene rings is 2. The molecule has 0 aromatic heterocycles. The summed E-state index contributed by atoms with van der Waals surface area (Å²) < 4.78 is 27.8. The number of rotatable bonds is 5. The van der Waals surface area contributed by atoms with Gasteiger partial charge in [0.2, 0.25) is 0 Å². The predicted molar refractivity (Wildman–Crippen MR) is 115 cm³/mol. The molecule has 1 fully saturated rings. The van der Waals surface area contributed by atoms with E-state index in [9.17, 15) is 13.2 Å². The Morgan fingerprint density at radius 2 is 1.83 bits per heavy atom. The number of hydrazone groups is 1. The van der Waals surface area contributed by atoms with Crippen LogP contribution in [0.25, 0.3) is 0 Å². The van der Waals surface area contributed by atoms with Crippen LogP contribution in [0.1, 0.15) is 23.2 Å². The Kier molecular flexibility index (Phi) is 6.79. The highest BCUT2D eigenvalue weighted by Crippen LogP contribution is 2.28. The molecule has 2 aromatic carbocycles. The molecule has 10 heteroatoms. The van der Waals surface area contributed by atoms with Gasteiger partial charge in [0.05, 0.1) is 15.6 Å². The van der Waals surface area contributed by atoms with Crippen LogP contribution in [0.2, 0.25) is 10.0 Å². The van der Waals surface area contributed by atoms with Crippen molar-refractivity contribution in [3.63, 3.8) is 0 Å². The highest BCUT2D eigenvalue weighted by molar-refractivity contribution is 7.92. The first-order valence-corrected chi connectivity index (χ1v) is 11.1. The van der Waals surface area contributed by atoms with Gasteiger partial charge in [-0.3, -0.25) is 9.52 Å². The Balaban J connectivity index is 1.75. The molecule has 0 bridgehead atoms. The summed E-state index contributed by atoms with van der Waals surface area (Å²) in [6, 6.07) is 10.1. The van der Waals surface area contributed by atoms with Gasteiger partial charge in [0.1, 0.15) is 0 Å². The molecule has 0 aliphatic carbocycles. The Morgan fingerprint density at radius 3 is 2.55 bits per heavy atom. The van der Waals surface area contributed by atoms with Gasteiger partial charge in [0.25, 0.3) is 15.9 Å². The van der Waals surface area contributed by atoms with E-state index < -0.39 is 15.9 Å². The molecule has 0 radical (unpaired) electrons. The largest absolute Gasteiger partial charge is 0.306 e. The van der Waals surface area contributed by atoms with Crippen LogP contribution in [0.4, 0.5) is 5.69 Å². The van der Waals surface area contributed by atoms with Crippen LogP contribution in [0.3, 0.4) is 0 Å². The fraction of sp³-hybridized carbons (Fsp3) is 0.263. The Bertz CT molecular complexity index is 1050. The number of carbonyl (C=O) groups excluding carboxylic acids is 1. The number of piperidine rings is 1. The minimum atomic E-state index is -3.96.